The van der Waals surface area contributed by atoms with Crippen molar-refractivity contribution in [3.05, 3.63) is 0 Å². The Morgan fingerprint density at radius 2 is 1.89 bits per heavy atom. The Hall–Kier alpha value is -1.50. The minimum Gasteiger partial charge on any atom is -0.444 e. The number of carbonyl (C=O) groups excluding carboxylic acids is 1. The maximum Gasteiger partial charge on any atom is 0.407 e. The number of amides is 1. The lowest BCUT2D eigenvalue weighted by Gasteiger charge is -2.33. The number of nitrogens with one attached hydrogen (secondary N) is 3. The summed E-state index contributed by atoms with van der Waals surface area (Å²) in [6.07, 6.45) is 6.60. The second kappa shape index (κ2) is 10.2. The number of rotatable bonds is 7. The Morgan fingerprint density at radius 1 is 1.22 bits per heavy atom. The van der Waals surface area contributed by atoms with Gasteiger partial charge in [-0.15, -0.1) is 0 Å². The molecule has 7 heteroatoms. The Balaban J connectivity index is 1.73. The Bertz CT molecular complexity index is 491. The van der Waals surface area contributed by atoms with Crippen LogP contribution in [-0.2, 0) is 4.74 Å². The Kier molecular flexibility index (Phi) is 8.20. The van der Waals surface area contributed by atoms with Gasteiger partial charge in [0.1, 0.15) is 5.60 Å². The molecule has 0 aromatic carbocycles. The number of alkyl carbamates (subject to hydrolysis) is 1. The Labute approximate surface area is 164 Å². The summed E-state index contributed by atoms with van der Waals surface area (Å²) in [5.41, 5.74) is -0.485. The maximum absolute atomic E-state index is 12.1. The molecule has 0 spiro atoms. The summed E-state index contributed by atoms with van der Waals surface area (Å²) in [7, 11) is 1.80. The summed E-state index contributed by atoms with van der Waals surface area (Å²) in [5, 5.41) is 9.88. The van der Waals surface area contributed by atoms with Crippen molar-refractivity contribution in [1.29, 1.82) is 0 Å². The third kappa shape index (κ3) is 8.37. The van der Waals surface area contributed by atoms with Crippen molar-refractivity contribution in [2.45, 2.75) is 89.9 Å². The van der Waals surface area contributed by atoms with Gasteiger partial charge in [-0.1, -0.05) is 13.3 Å². The van der Waals surface area contributed by atoms with Crippen LogP contribution in [0, 0.1) is 0 Å². The number of hydrogen-bond donors (Lipinski definition) is 3. The van der Waals surface area contributed by atoms with Gasteiger partial charge in [-0.2, -0.15) is 0 Å². The topological polar surface area (TPSA) is 78.0 Å². The van der Waals surface area contributed by atoms with Crippen LogP contribution < -0.4 is 16.0 Å². The predicted octanol–water partition coefficient (Wildman–Crippen LogP) is 2.47. The Morgan fingerprint density at radius 3 is 2.41 bits per heavy atom. The molecule has 3 N–H and O–H groups in total. The van der Waals surface area contributed by atoms with Crippen molar-refractivity contribution in [2.75, 3.05) is 26.7 Å². The molecule has 0 aromatic rings. The van der Waals surface area contributed by atoms with Crippen LogP contribution in [0.15, 0.2) is 4.99 Å². The van der Waals surface area contributed by atoms with E-state index in [4.69, 9.17) is 4.74 Å². The smallest absolute Gasteiger partial charge is 0.407 e. The molecule has 156 valence electrons. The summed E-state index contributed by atoms with van der Waals surface area (Å²) < 4.78 is 5.38. The molecule has 1 aliphatic carbocycles. The van der Waals surface area contributed by atoms with Gasteiger partial charge in [0.25, 0.3) is 0 Å². The molecule has 1 atom stereocenters. The van der Waals surface area contributed by atoms with Crippen LogP contribution in [0.25, 0.3) is 0 Å². The van der Waals surface area contributed by atoms with Gasteiger partial charge in [0.15, 0.2) is 5.96 Å². The van der Waals surface area contributed by atoms with Crippen LogP contribution in [0.1, 0.15) is 66.2 Å². The highest BCUT2D eigenvalue weighted by atomic mass is 16.6. The quantitative estimate of drug-likeness (QED) is 0.466. The first-order valence-electron chi connectivity index (χ1n) is 10.5. The van der Waals surface area contributed by atoms with Crippen LogP contribution in [0.2, 0.25) is 0 Å². The lowest BCUT2D eigenvalue weighted by atomic mass is 10.1. The second-order valence-corrected chi connectivity index (χ2v) is 8.77. The molecule has 2 aliphatic rings. The van der Waals surface area contributed by atoms with Crippen LogP contribution in [-0.4, -0.2) is 67.4 Å². The van der Waals surface area contributed by atoms with Crippen molar-refractivity contribution in [3.8, 4) is 0 Å². The highest BCUT2D eigenvalue weighted by molar-refractivity contribution is 5.80. The van der Waals surface area contributed by atoms with E-state index in [1.54, 1.807) is 7.05 Å². The monoisotopic (exact) mass is 381 g/mol. The van der Waals surface area contributed by atoms with Gasteiger partial charge in [0, 0.05) is 44.8 Å². The fraction of sp³-hybridized carbons (Fsp3) is 0.900. The lowest BCUT2D eigenvalue weighted by Crippen LogP contribution is -2.52. The molecule has 1 unspecified atom stereocenters. The number of piperidine rings is 1. The van der Waals surface area contributed by atoms with Crippen LogP contribution >= 0.6 is 0 Å². The molecule has 27 heavy (non-hydrogen) atoms. The molecule has 7 nitrogen and oxygen atoms in total. The SMILES string of the molecule is CCCC(CNC(=NC)NC1CCN(C2CC2)CC1)NC(=O)OC(C)(C)C. The average molecular weight is 382 g/mol. The number of hydrogen-bond acceptors (Lipinski definition) is 4. The van der Waals surface area contributed by atoms with Gasteiger partial charge in [-0.25, -0.2) is 4.79 Å². The van der Waals surface area contributed by atoms with Gasteiger partial charge in [-0.3, -0.25) is 4.99 Å². The highest BCUT2D eigenvalue weighted by Crippen LogP contribution is 2.29. The lowest BCUT2D eigenvalue weighted by molar-refractivity contribution is 0.0502. The van der Waals surface area contributed by atoms with E-state index in [1.165, 1.54) is 25.9 Å². The fourth-order valence-electron chi connectivity index (χ4n) is 3.50. The largest absolute Gasteiger partial charge is 0.444 e. The first-order chi connectivity index (χ1) is 12.8. The van der Waals surface area contributed by atoms with E-state index in [9.17, 15) is 4.79 Å². The molecule has 1 heterocycles. The van der Waals surface area contributed by atoms with E-state index in [2.05, 4.69) is 32.8 Å². The van der Waals surface area contributed by atoms with E-state index < -0.39 is 5.60 Å². The highest BCUT2D eigenvalue weighted by Gasteiger charge is 2.32. The standard InChI is InChI=1S/C20H39N5O2/c1-6-7-16(24-19(26)27-20(2,3)4)14-22-18(21-5)23-15-10-12-25(13-11-15)17-8-9-17/h15-17H,6-14H2,1-5H3,(H,24,26)(H2,21,22,23). The van der Waals surface area contributed by atoms with E-state index in [1.807, 2.05) is 20.8 Å². The molecule has 1 aliphatic heterocycles. The third-order valence-corrected chi connectivity index (χ3v) is 5.03. The molecule has 0 aromatic heterocycles. The van der Waals surface area contributed by atoms with Gasteiger partial charge in [-0.05, 0) is 52.9 Å². The summed E-state index contributed by atoms with van der Waals surface area (Å²) in [6.45, 7) is 10.7. The predicted molar refractivity (Wildman–Crippen MR) is 110 cm³/mol. The molecule has 1 amide bonds. The van der Waals surface area contributed by atoms with Gasteiger partial charge >= 0.3 is 6.09 Å². The number of aliphatic imine (C=N–C) groups is 1. The second-order valence-electron chi connectivity index (χ2n) is 8.77. The zero-order valence-electron chi connectivity index (χ0n) is 17.8. The first kappa shape index (κ1) is 21.8. The van der Waals surface area contributed by atoms with Crippen LogP contribution in [0.5, 0.6) is 0 Å². The van der Waals surface area contributed by atoms with Crippen molar-refractivity contribution in [2.24, 2.45) is 4.99 Å². The van der Waals surface area contributed by atoms with E-state index in [-0.39, 0.29) is 12.1 Å². The molecule has 1 saturated heterocycles. The molecule has 0 bridgehead atoms. The zero-order chi connectivity index (χ0) is 19.9. The first-order valence-corrected chi connectivity index (χ1v) is 10.5. The number of likely N-dealkylation sites (tertiary alicyclic amines) is 1. The number of carbonyl (C=O) groups is 1. The maximum atomic E-state index is 12.1. The fourth-order valence-corrected chi connectivity index (χ4v) is 3.50. The number of nitrogens with zero attached hydrogens (tertiary/aromatic N) is 2. The van der Waals surface area contributed by atoms with Crippen LogP contribution in [0.3, 0.4) is 0 Å². The molecule has 2 fully saturated rings. The summed E-state index contributed by atoms with van der Waals surface area (Å²) in [6, 6.07) is 1.34. The average Bonchev–Trinajstić information content (AvgIpc) is 3.42. The molecule has 2 rings (SSSR count). The van der Waals surface area contributed by atoms with Crippen LogP contribution in [0.4, 0.5) is 4.79 Å². The van der Waals surface area contributed by atoms with Crippen molar-refractivity contribution in [3.63, 3.8) is 0 Å². The van der Waals surface area contributed by atoms with Crippen molar-refractivity contribution in [1.82, 2.24) is 20.9 Å². The molecular weight excluding hydrogens is 342 g/mol. The summed E-state index contributed by atoms with van der Waals surface area (Å²) in [4.78, 5) is 19.0. The van der Waals surface area contributed by atoms with Gasteiger partial charge in [0.05, 0.1) is 0 Å². The van der Waals surface area contributed by atoms with Crippen molar-refractivity contribution >= 4 is 12.1 Å². The summed E-state index contributed by atoms with van der Waals surface area (Å²) >= 11 is 0. The van der Waals surface area contributed by atoms with Gasteiger partial charge in [0.2, 0.25) is 0 Å². The molecule has 0 radical (unpaired) electrons. The number of ether oxygens (including phenoxy) is 1. The zero-order valence-corrected chi connectivity index (χ0v) is 17.8. The minimum absolute atomic E-state index is 0.0140. The normalized spacial score (nSPS) is 20.9. The third-order valence-electron chi connectivity index (χ3n) is 5.03. The van der Waals surface area contributed by atoms with E-state index >= 15 is 0 Å². The molecular formula is C20H39N5O2. The van der Waals surface area contributed by atoms with Crippen molar-refractivity contribution < 1.29 is 9.53 Å². The van der Waals surface area contributed by atoms with E-state index in [0.29, 0.717) is 12.6 Å². The summed E-state index contributed by atoms with van der Waals surface area (Å²) in [5.74, 6) is 0.812. The van der Waals surface area contributed by atoms with Gasteiger partial charge < -0.3 is 25.6 Å². The van der Waals surface area contributed by atoms with E-state index in [0.717, 1.165) is 37.7 Å². The molecule has 1 saturated carbocycles. The minimum atomic E-state index is -0.485. The number of guanidine groups is 1.